The standard InChI is InChI=1S/CH5NS.CH5N/c1-2-3;1-2/h2-3H,1H3;2H2,1H3. The summed E-state index contributed by atoms with van der Waals surface area (Å²) in [6.07, 6.45) is 0. The molecule has 0 saturated carbocycles. The van der Waals surface area contributed by atoms with Gasteiger partial charge in [-0.25, -0.2) is 0 Å². The van der Waals surface area contributed by atoms with E-state index in [0.29, 0.717) is 0 Å². The van der Waals surface area contributed by atoms with Gasteiger partial charge in [0.05, 0.1) is 0 Å². The van der Waals surface area contributed by atoms with E-state index in [4.69, 9.17) is 0 Å². The molecule has 0 saturated heterocycles. The number of hydrogen-bond donors (Lipinski definition) is 3. The maximum Gasteiger partial charge on any atom is -0.00587 e. The lowest BCUT2D eigenvalue weighted by Crippen LogP contribution is -1.76. The molecule has 0 heterocycles. The summed E-state index contributed by atoms with van der Waals surface area (Å²) < 4.78 is 2.44. The number of hydrogen-bond acceptors (Lipinski definition) is 3. The summed E-state index contributed by atoms with van der Waals surface area (Å²) in [4.78, 5) is 0. The summed E-state index contributed by atoms with van der Waals surface area (Å²) in [6, 6.07) is 0. The Morgan fingerprint density at radius 1 is 1.60 bits per heavy atom. The summed E-state index contributed by atoms with van der Waals surface area (Å²) >= 11 is 3.54. The molecular formula is C2H10N2S. The summed E-state index contributed by atoms with van der Waals surface area (Å²) in [7, 11) is 3.24. The van der Waals surface area contributed by atoms with Crippen molar-refractivity contribution in [1.82, 2.24) is 4.72 Å². The van der Waals surface area contributed by atoms with Crippen LogP contribution in [0, 0.1) is 0 Å². The van der Waals surface area contributed by atoms with Crippen LogP contribution in [0.25, 0.3) is 0 Å². The highest BCUT2D eigenvalue weighted by atomic mass is 32.1. The van der Waals surface area contributed by atoms with Gasteiger partial charge >= 0.3 is 0 Å². The van der Waals surface area contributed by atoms with Crippen molar-refractivity contribution < 1.29 is 0 Å². The van der Waals surface area contributed by atoms with E-state index in [9.17, 15) is 0 Å². The molecule has 3 heteroatoms. The molecule has 0 atom stereocenters. The first-order valence-corrected chi connectivity index (χ1v) is 1.75. The molecule has 0 aromatic rings. The van der Waals surface area contributed by atoms with Crippen molar-refractivity contribution in [1.29, 1.82) is 0 Å². The van der Waals surface area contributed by atoms with Crippen LogP contribution in [0.2, 0.25) is 0 Å². The number of nitrogens with one attached hydrogen (secondary N) is 1. The fraction of sp³-hybridized carbons (Fsp3) is 1.00. The van der Waals surface area contributed by atoms with E-state index in [1.54, 1.807) is 7.05 Å². The minimum Gasteiger partial charge on any atom is -0.333 e. The van der Waals surface area contributed by atoms with Gasteiger partial charge in [-0.3, -0.25) is 4.72 Å². The molecule has 2 nitrogen and oxygen atoms in total. The van der Waals surface area contributed by atoms with Crippen LogP contribution >= 0.6 is 12.8 Å². The Balaban J connectivity index is 0. The van der Waals surface area contributed by atoms with Crippen LogP contribution < -0.4 is 10.5 Å². The molecular weight excluding hydrogens is 84.1 g/mol. The van der Waals surface area contributed by atoms with Gasteiger partial charge in [-0.15, -0.1) is 0 Å². The van der Waals surface area contributed by atoms with Crippen molar-refractivity contribution in [2.24, 2.45) is 5.73 Å². The van der Waals surface area contributed by atoms with Gasteiger partial charge in [-0.1, -0.05) is 12.8 Å². The Morgan fingerprint density at radius 2 is 1.60 bits per heavy atom. The van der Waals surface area contributed by atoms with E-state index in [0.717, 1.165) is 0 Å². The smallest absolute Gasteiger partial charge is 0.00587 e. The third-order valence-corrected chi connectivity index (χ3v) is 0. The van der Waals surface area contributed by atoms with E-state index in [1.165, 1.54) is 7.05 Å². The van der Waals surface area contributed by atoms with E-state index in [1.807, 2.05) is 0 Å². The molecule has 0 spiro atoms. The monoisotopic (exact) mass is 94.1 g/mol. The van der Waals surface area contributed by atoms with E-state index in [-0.39, 0.29) is 0 Å². The Morgan fingerprint density at radius 3 is 1.60 bits per heavy atom. The lowest BCUT2D eigenvalue weighted by Gasteiger charge is -1.58. The zero-order valence-electron chi connectivity index (χ0n) is 3.52. The molecule has 5 heavy (non-hydrogen) atoms. The summed E-state index contributed by atoms with van der Waals surface area (Å²) in [5, 5.41) is 0. The van der Waals surface area contributed by atoms with E-state index >= 15 is 0 Å². The molecule has 0 aliphatic heterocycles. The lowest BCUT2D eigenvalue weighted by molar-refractivity contribution is 1.32. The number of nitrogens with two attached hydrogens (primary N) is 1. The molecule has 0 bridgehead atoms. The van der Waals surface area contributed by atoms with Crippen LogP contribution in [0.5, 0.6) is 0 Å². The van der Waals surface area contributed by atoms with E-state index in [2.05, 4.69) is 23.3 Å². The van der Waals surface area contributed by atoms with Gasteiger partial charge in [0.25, 0.3) is 0 Å². The molecule has 0 radical (unpaired) electrons. The van der Waals surface area contributed by atoms with Crippen molar-refractivity contribution >= 4 is 12.8 Å². The van der Waals surface area contributed by atoms with E-state index < -0.39 is 0 Å². The molecule has 3 N–H and O–H groups in total. The van der Waals surface area contributed by atoms with Gasteiger partial charge in [0.15, 0.2) is 0 Å². The van der Waals surface area contributed by atoms with Crippen LogP contribution in [0.15, 0.2) is 0 Å². The fourth-order valence-electron chi connectivity index (χ4n) is 0. The average molecular weight is 94.2 g/mol. The number of thiol groups is 1. The van der Waals surface area contributed by atoms with Gasteiger partial charge in [-0.2, -0.15) is 0 Å². The van der Waals surface area contributed by atoms with Crippen LogP contribution in [0.3, 0.4) is 0 Å². The van der Waals surface area contributed by atoms with Gasteiger partial charge in [0.1, 0.15) is 0 Å². The SMILES string of the molecule is CN.CNS. The third-order valence-electron chi connectivity index (χ3n) is 0. The highest BCUT2D eigenvalue weighted by Crippen LogP contribution is 1.35. The fourth-order valence-corrected chi connectivity index (χ4v) is 0. The zero-order valence-corrected chi connectivity index (χ0v) is 4.42. The first kappa shape index (κ1) is 8.99. The maximum absolute atomic E-state index is 4.50. The minimum absolute atomic E-state index is 1.50. The first-order chi connectivity index (χ1) is 2.41. The second-order valence-electron chi connectivity index (χ2n) is 0.224. The average Bonchev–Trinajstić information content (AvgIpc) is 1.46. The van der Waals surface area contributed by atoms with Crippen LogP contribution in [-0.2, 0) is 0 Å². The highest BCUT2D eigenvalue weighted by Gasteiger charge is 1.26. The maximum atomic E-state index is 4.50. The second kappa shape index (κ2) is 28.3. The number of rotatable bonds is 0. The molecule has 0 aliphatic rings. The van der Waals surface area contributed by atoms with Gasteiger partial charge < -0.3 is 5.73 Å². The molecule has 34 valence electrons. The van der Waals surface area contributed by atoms with Crippen LogP contribution in [0.4, 0.5) is 0 Å². The predicted octanol–water partition coefficient (Wildman–Crippen LogP) is -0.375. The van der Waals surface area contributed by atoms with Crippen molar-refractivity contribution in [2.45, 2.75) is 0 Å². The summed E-state index contributed by atoms with van der Waals surface area (Å²) in [5.74, 6) is 0. The van der Waals surface area contributed by atoms with Gasteiger partial charge in [0.2, 0.25) is 0 Å². The molecule has 0 fully saturated rings. The Hall–Kier alpha value is 0.270. The normalized spacial score (nSPS) is 4.80. The Kier molecular flexibility index (Phi) is 50.9. The van der Waals surface area contributed by atoms with Crippen molar-refractivity contribution in [2.75, 3.05) is 14.1 Å². The topological polar surface area (TPSA) is 38.0 Å². The summed E-state index contributed by atoms with van der Waals surface area (Å²) in [5.41, 5.74) is 4.50. The Bertz CT molecular complexity index is 7.61. The molecule has 0 aromatic carbocycles. The summed E-state index contributed by atoms with van der Waals surface area (Å²) in [6.45, 7) is 0. The van der Waals surface area contributed by atoms with Crippen molar-refractivity contribution in [3.8, 4) is 0 Å². The Labute approximate surface area is 38.3 Å². The van der Waals surface area contributed by atoms with Crippen molar-refractivity contribution in [3.05, 3.63) is 0 Å². The van der Waals surface area contributed by atoms with Crippen LogP contribution in [-0.4, -0.2) is 14.1 Å². The quantitative estimate of drug-likeness (QED) is 0.358. The third kappa shape index (κ3) is 302. The molecule has 0 aliphatic carbocycles. The molecule has 0 rings (SSSR count). The lowest BCUT2D eigenvalue weighted by atomic mass is 11.6. The van der Waals surface area contributed by atoms with Gasteiger partial charge in [0, 0.05) is 0 Å². The minimum atomic E-state index is 1.50. The van der Waals surface area contributed by atoms with Crippen molar-refractivity contribution in [3.63, 3.8) is 0 Å². The molecule has 0 unspecified atom stereocenters. The zero-order chi connectivity index (χ0) is 4.71. The molecule has 0 aromatic heterocycles. The van der Waals surface area contributed by atoms with Gasteiger partial charge in [-0.05, 0) is 14.1 Å². The molecule has 0 amide bonds. The second-order valence-corrected chi connectivity index (χ2v) is 0.671. The highest BCUT2D eigenvalue weighted by molar-refractivity contribution is 7.78. The van der Waals surface area contributed by atoms with Crippen LogP contribution in [0.1, 0.15) is 0 Å². The largest absolute Gasteiger partial charge is 0.333 e. The first-order valence-electron chi connectivity index (χ1n) is 1.30. The predicted molar refractivity (Wildman–Crippen MR) is 28.2 cm³/mol.